The minimum atomic E-state index is -1.98. The average Bonchev–Trinajstić information content (AvgIpc) is 3.80. The lowest BCUT2D eigenvalue weighted by Crippen LogP contribution is -2.70. The zero-order valence-electron chi connectivity index (χ0n) is 28.5. The Morgan fingerprint density at radius 2 is 1.94 bits per heavy atom. The fraction of sp³-hybridized carbons (Fsp3) is 0.595. The van der Waals surface area contributed by atoms with E-state index < -0.39 is 52.0 Å². The Morgan fingerprint density at radius 3 is 2.65 bits per heavy atom. The van der Waals surface area contributed by atoms with Gasteiger partial charge in [-0.25, -0.2) is 9.07 Å². The van der Waals surface area contributed by atoms with Crippen LogP contribution in [0.15, 0.2) is 36.0 Å². The van der Waals surface area contributed by atoms with E-state index in [0.717, 1.165) is 28.6 Å². The average molecular weight is 693 g/mol. The van der Waals surface area contributed by atoms with E-state index in [1.165, 1.54) is 4.90 Å². The first kappa shape index (κ1) is 34.0. The Balaban J connectivity index is 1.21. The Morgan fingerprint density at radius 1 is 1.16 bits per heavy atom. The molecule has 0 spiro atoms. The van der Waals surface area contributed by atoms with E-state index in [-0.39, 0.29) is 29.8 Å². The zero-order valence-corrected chi connectivity index (χ0v) is 29.4. The fourth-order valence-corrected chi connectivity index (χ4v) is 11.2. The number of aliphatic hydroxyl groups is 1. The van der Waals surface area contributed by atoms with Crippen molar-refractivity contribution in [3.63, 3.8) is 0 Å². The van der Waals surface area contributed by atoms with Crippen LogP contribution in [0.3, 0.4) is 0 Å². The number of rotatable bonds is 6. The minimum Gasteiger partial charge on any atom is -0.449 e. The molecule has 5 aliphatic rings. The quantitative estimate of drug-likeness (QED) is 0.412. The fourth-order valence-electron chi connectivity index (χ4n) is 10.5. The molecule has 8 atom stereocenters. The van der Waals surface area contributed by atoms with Gasteiger partial charge in [-0.2, -0.15) is 5.10 Å². The van der Waals surface area contributed by atoms with Crippen LogP contribution in [0.1, 0.15) is 93.8 Å². The van der Waals surface area contributed by atoms with Gasteiger partial charge in [0.05, 0.1) is 23.7 Å². The third-order valence-electron chi connectivity index (χ3n) is 13.0. The molecule has 3 N–H and O–H groups in total. The van der Waals surface area contributed by atoms with E-state index in [2.05, 4.69) is 0 Å². The number of aliphatic hydroxyl groups excluding tert-OH is 1. The van der Waals surface area contributed by atoms with Crippen LogP contribution in [-0.2, 0) is 25.5 Å². The van der Waals surface area contributed by atoms with Gasteiger partial charge in [-0.3, -0.25) is 19.2 Å². The van der Waals surface area contributed by atoms with Crippen LogP contribution in [0.4, 0.5) is 4.39 Å². The van der Waals surface area contributed by atoms with E-state index >= 15 is 4.39 Å². The number of allylic oxidation sites excluding steroid dienone is 1. The van der Waals surface area contributed by atoms with E-state index in [9.17, 15) is 24.3 Å². The van der Waals surface area contributed by atoms with E-state index in [1.807, 2.05) is 26.0 Å². The molecule has 2 heterocycles. The molecule has 4 aliphatic carbocycles. The molecule has 1 aromatic heterocycles. The van der Waals surface area contributed by atoms with Gasteiger partial charge in [0, 0.05) is 35.3 Å². The first-order valence-corrected chi connectivity index (χ1v) is 18.6. The number of nitrogens with two attached hydrogens (primary N) is 1. The highest BCUT2D eigenvalue weighted by Crippen LogP contribution is 2.71. The molecule has 12 heteroatoms. The molecule has 1 aliphatic heterocycles. The van der Waals surface area contributed by atoms with Gasteiger partial charge < -0.3 is 20.5 Å². The van der Waals surface area contributed by atoms with Crippen LogP contribution in [0.25, 0.3) is 11.8 Å². The van der Waals surface area contributed by atoms with Gasteiger partial charge in [0.2, 0.25) is 11.0 Å². The second-order valence-electron chi connectivity index (χ2n) is 15.1. The topological polar surface area (TPSA) is 145 Å². The maximum absolute atomic E-state index is 18.2. The van der Waals surface area contributed by atoms with Gasteiger partial charge in [0.15, 0.2) is 5.60 Å². The zero-order chi connectivity index (χ0) is 35.1. The Labute approximate surface area is 290 Å². The monoisotopic (exact) mass is 692 g/mol. The maximum atomic E-state index is 18.2. The van der Waals surface area contributed by atoms with E-state index in [1.54, 1.807) is 42.3 Å². The maximum Gasteiger partial charge on any atom is 0.306 e. The number of amides is 2. The summed E-state index contributed by atoms with van der Waals surface area (Å²) in [6, 6.07) is 6.49. The van der Waals surface area contributed by atoms with E-state index in [4.69, 9.17) is 15.6 Å². The number of fused-ring (bicyclic) bond motifs is 6. The highest BCUT2D eigenvalue weighted by Gasteiger charge is 2.75. The number of hydrogen-bond acceptors (Lipinski definition) is 8. The Bertz CT molecular complexity index is 1780. The smallest absolute Gasteiger partial charge is 0.306 e. The second kappa shape index (κ2) is 11.8. The molecule has 1 aromatic carbocycles. The van der Waals surface area contributed by atoms with Crippen molar-refractivity contribution in [2.45, 2.75) is 102 Å². The van der Waals surface area contributed by atoms with Crippen LogP contribution in [0.2, 0.25) is 0 Å². The summed E-state index contributed by atoms with van der Waals surface area (Å²) in [7, 11) is 0. The first-order valence-electron chi connectivity index (χ1n) is 17.4. The molecule has 0 unspecified atom stereocenters. The molecule has 0 bridgehead atoms. The standard InChI is InChI=1S/C37H45FN4O6S/c1-5-30(44)48-36(33(47)49-4)14-13-25-26-12-11-23-17-28-22(18-34(23,2)37(26,38)29(43)19-35(25,36)3)20-40-42(28)24-9-6-8-21(16-24)32(46)41-15-7-10-27(41)31(39)45/h6,8-9,16-17,20,25-27,29,43H,5,7,10-15,18-19H2,1-4H3,(H2,39,45)/t25-,26-,27+,29-,34-,35-,36-,37-/m0/s1. The van der Waals surface area contributed by atoms with Gasteiger partial charge in [0.1, 0.15) is 11.7 Å². The Kier molecular flexibility index (Phi) is 8.17. The highest BCUT2D eigenvalue weighted by atomic mass is 32.2. The molecule has 2 aromatic rings. The molecule has 4 fully saturated rings. The normalized spacial score (nSPS) is 36.2. The summed E-state index contributed by atoms with van der Waals surface area (Å²) in [4.78, 5) is 53.2. The van der Waals surface area contributed by atoms with Crippen molar-refractivity contribution in [3.8, 4) is 5.69 Å². The molecular formula is C37H45FN4O6S. The summed E-state index contributed by atoms with van der Waals surface area (Å²) in [5.41, 5.74) is 3.89. The van der Waals surface area contributed by atoms with Crippen LogP contribution in [-0.4, -0.2) is 78.9 Å². The lowest BCUT2D eigenvalue weighted by atomic mass is 9.44. The summed E-state index contributed by atoms with van der Waals surface area (Å²) in [6.07, 6.45) is 7.72. The van der Waals surface area contributed by atoms with Gasteiger partial charge in [-0.1, -0.05) is 44.2 Å². The first-order chi connectivity index (χ1) is 23.3. The number of primary amides is 1. The number of carbonyl (C=O) groups is 4. The number of nitrogens with zero attached hydrogens (tertiary/aromatic N) is 3. The van der Waals surface area contributed by atoms with Gasteiger partial charge >= 0.3 is 5.97 Å². The third kappa shape index (κ3) is 4.65. The predicted octanol–water partition coefficient (Wildman–Crippen LogP) is 4.79. The second-order valence-corrected chi connectivity index (χ2v) is 15.9. The van der Waals surface area contributed by atoms with Crippen molar-refractivity contribution < 1.29 is 33.4 Å². The number of hydrogen-bond donors (Lipinski definition) is 2. The van der Waals surface area contributed by atoms with Crippen LogP contribution < -0.4 is 5.73 Å². The molecule has 49 heavy (non-hydrogen) atoms. The molecule has 3 saturated carbocycles. The van der Waals surface area contributed by atoms with E-state index in [0.29, 0.717) is 62.7 Å². The third-order valence-corrected chi connectivity index (χ3v) is 13.7. The summed E-state index contributed by atoms with van der Waals surface area (Å²) in [6.45, 7) is 5.98. The molecular weight excluding hydrogens is 647 g/mol. The van der Waals surface area contributed by atoms with Gasteiger partial charge in [-0.05, 0) is 93.4 Å². The molecule has 0 radical (unpaired) electrons. The molecule has 262 valence electrons. The lowest BCUT2D eigenvalue weighted by Gasteiger charge is -2.63. The largest absolute Gasteiger partial charge is 0.449 e. The van der Waals surface area contributed by atoms with Crippen molar-refractivity contribution in [2.24, 2.45) is 28.4 Å². The summed E-state index contributed by atoms with van der Waals surface area (Å²) >= 11 is 1.03. The van der Waals surface area contributed by atoms with Crippen molar-refractivity contribution in [1.82, 2.24) is 14.7 Å². The lowest BCUT2D eigenvalue weighted by molar-refractivity contribution is -0.228. The SMILES string of the molecule is CCC(=O)O[C@]1(C(=O)SC)CC[C@H]2[C@@H]3CCC4=Cc5c(cnn5-c5cccc(C(=O)N6CCC[C@@H]6C(N)=O)c5)C[C@]4(C)[C@@]3(F)[C@@H](O)C[C@@]21C. The molecule has 2 amide bonds. The number of alkyl halides is 1. The van der Waals surface area contributed by atoms with Gasteiger partial charge in [0.25, 0.3) is 5.91 Å². The van der Waals surface area contributed by atoms with Crippen molar-refractivity contribution in [2.75, 3.05) is 12.8 Å². The van der Waals surface area contributed by atoms with Crippen LogP contribution in [0.5, 0.6) is 0 Å². The van der Waals surface area contributed by atoms with Crippen molar-refractivity contribution in [1.29, 1.82) is 0 Å². The Hall–Kier alpha value is -3.51. The number of esters is 1. The summed E-state index contributed by atoms with van der Waals surface area (Å²) < 4.78 is 26.0. The number of ether oxygens (including phenoxy) is 1. The minimum absolute atomic E-state index is 0.0113. The summed E-state index contributed by atoms with van der Waals surface area (Å²) in [5, 5.41) is 16.4. The number of carbonyl (C=O) groups excluding carboxylic acids is 4. The number of benzene rings is 1. The van der Waals surface area contributed by atoms with Crippen molar-refractivity contribution >= 4 is 40.7 Å². The molecule has 1 saturated heterocycles. The number of halogens is 1. The van der Waals surface area contributed by atoms with Crippen LogP contribution >= 0.6 is 11.8 Å². The number of likely N-dealkylation sites (tertiary alicyclic amines) is 1. The van der Waals surface area contributed by atoms with Crippen LogP contribution in [0, 0.1) is 22.7 Å². The van der Waals surface area contributed by atoms with Crippen molar-refractivity contribution in [3.05, 3.63) is 52.9 Å². The van der Waals surface area contributed by atoms with Gasteiger partial charge in [-0.15, -0.1) is 0 Å². The summed E-state index contributed by atoms with van der Waals surface area (Å²) in [5.74, 6) is -2.02. The number of aromatic nitrogens is 2. The number of thioether (sulfide) groups is 1. The molecule has 7 rings (SSSR count). The molecule has 10 nitrogen and oxygen atoms in total. The highest BCUT2D eigenvalue weighted by molar-refractivity contribution is 8.13. The predicted molar refractivity (Wildman–Crippen MR) is 182 cm³/mol.